The van der Waals surface area contributed by atoms with Crippen LogP contribution >= 0.6 is 0 Å². The lowest BCUT2D eigenvalue weighted by Crippen LogP contribution is -2.62. The summed E-state index contributed by atoms with van der Waals surface area (Å²) in [7, 11) is 0. The fourth-order valence-electron chi connectivity index (χ4n) is 6.21. The number of para-hydroxylation sites is 4. The number of anilines is 2. The smallest absolute Gasteiger partial charge is 0.180 e. The largest absolute Gasteiger partial charge is 0.490 e. The Balaban J connectivity index is 1.36. The van der Waals surface area contributed by atoms with E-state index in [0.717, 1.165) is 88.3 Å². The topological polar surface area (TPSA) is 72.6 Å². The number of ether oxygens (including phenoxy) is 2. The van der Waals surface area contributed by atoms with E-state index in [1.54, 1.807) is 0 Å². The second kappa shape index (κ2) is 11.9. The Bertz CT molecular complexity index is 1000. The van der Waals surface area contributed by atoms with E-state index in [1.807, 2.05) is 36.4 Å². The molecular weight excluding hydrogens is 480 g/mol. The molecule has 0 radical (unpaired) electrons. The molecule has 2 unspecified atom stereocenters. The fraction of sp³-hybridized carbons (Fsp3) is 0.552. The number of carbonyl (C=O) groups is 1. The number of benzene rings is 2. The number of piperazine rings is 2. The fourth-order valence-corrected chi connectivity index (χ4v) is 6.21. The molecule has 4 heterocycles. The van der Waals surface area contributed by atoms with E-state index in [9.17, 15) is 4.79 Å². The van der Waals surface area contributed by atoms with Crippen LogP contribution in [0.15, 0.2) is 48.5 Å². The highest BCUT2D eigenvalue weighted by Crippen LogP contribution is 2.36. The van der Waals surface area contributed by atoms with Crippen molar-refractivity contribution in [3.05, 3.63) is 48.5 Å². The molecule has 4 aliphatic rings. The van der Waals surface area contributed by atoms with Gasteiger partial charge in [-0.3, -0.25) is 14.6 Å². The van der Waals surface area contributed by atoms with Gasteiger partial charge in [-0.15, -0.1) is 0 Å². The summed E-state index contributed by atoms with van der Waals surface area (Å²) in [5, 5.41) is 6.91. The first-order chi connectivity index (χ1) is 18.8. The van der Waals surface area contributed by atoms with Crippen LogP contribution in [0, 0.1) is 0 Å². The predicted octanol–water partition coefficient (Wildman–Crippen LogP) is 0.901. The van der Waals surface area contributed by atoms with Crippen molar-refractivity contribution in [3.63, 3.8) is 0 Å². The van der Waals surface area contributed by atoms with Gasteiger partial charge in [-0.2, -0.15) is 0 Å². The van der Waals surface area contributed by atoms with E-state index >= 15 is 0 Å². The SMILES string of the molecule is O=C(C(CN1CCNCC1)N1CCOc2ccccc21)C(CN1CCNCC1)N1CCOc2ccccc21. The molecule has 0 bridgehead atoms. The van der Waals surface area contributed by atoms with E-state index in [2.05, 4.69) is 42.4 Å². The molecule has 38 heavy (non-hydrogen) atoms. The van der Waals surface area contributed by atoms with Crippen LogP contribution < -0.4 is 29.9 Å². The molecule has 4 aliphatic heterocycles. The zero-order valence-corrected chi connectivity index (χ0v) is 22.2. The van der Waals surface area contributed by atoms with Crippen molar-refractivity contribution >= 4 is 17.2 Å². The molecule has 0 aliphatic carbocycles. The molecule has 2 fully saturated rings. The quantitative estimate of drug-likeness (QED) is 0.528. The number of hydrogen-bond acceptors (Lipinski definition) is 9. The summed E-state index contributed by atoms with van der Waals surface area (Å²) < 4.78 is 12.0. The first-order valence-electron chi connectivity index (χ1n) is 14.1. The van der Waals surface area contributed by atoms with Crippen molar-refractivity contribution in [2.75, 3.05) is 102 Å². The van der Waals surface area contributed by atoms with Crippen molar-refractivity contribution in [2.45, 2.75) is 12.1 Å². The maximum absolute atomic E-state index is 15.0. The Morgan fingerprint density at radius 3 is 1.53 bits per heavy atom. The van der Waals surface area contributed by atoms with E-state index in [4.69, 9.17) is 9.47 Å². The van der Waals surface area contributed by atoms with Gasteiger partial charge in [0, 0.05) is 65.4 Å². The Kier molecular flexibility index (Phi) is 7.97. The van der Waals surface area contributed by atoms with E-state index in [0.29, 0.717) is 26.3 Å². The molecule has 9 nitrogen and oxygen atoms in total. The van der Waals surface area contributed by atoms with Crippen molar-refractivity contribution in [3.8, 4) is 11.5 Å². The number of hydrogen-bond donors (Lipinski definition) is 2. The van der Waals surface area contributed by atoms with Crippen LogP contribution in [0.5, 0.6) is 11.5 Å². The number of fused-ring (bicyclic) bond motifs is 2. The summed E-state index contributed by atoms with van der Waals surface area (Å²) in [5.41, 5.74) is 2.05. The second-order valence-electron chi connectivity index (χ2n) is 10.6. The van der Waals surface area contributed by atoms with Gasteiger partial charge >= 0.3 is 0 Å². The lowest BCUT2D eigenvalue weighted by Gasteiger charge is -2.45. The van der Waals surface area contributed by atoms with Crippen LogP contribution in [0.4, 0.5) is 11.4 Å². The van der Waals surface area contributed by atoms with Crippen LogP contribution in [0.2, 0.25) is 0 Å². The molecule has 2 atom stereocenters. The van der Waals surface area contributed by atoms with Crippen molar-refractivity contribution in [1.82, 2.24) is 20.4 Å². The predicted molar refractivity (Wildman–Crippen MR) is 150 cm³/mol. The Morgan fingerprint density at radius 2 is 1.08 bits per heavy atom. The lowest BCUT2D eigenvalue weighted by atomic mass is 9.97. The molecule has 9 heteroatoms. The minimum Gasteiger partial charge on any atom is -0.490 e. The second-order valence-corrected chi connectivity index (χ2v) is 10.6. The number of Topliss-reactive ketones (excluding diaryl/α,β-unsaturated/α-hetero) is 1. The van der Waals surface area contributed by atoms with Gasteiger partial charge in [0.15, 0.2) is 5.78 Å². The van der Waals surface area contributed by atoms with Crippen LogP contribution in [-0.4, -0.2) is 119 Å². The monoisotopic (exact) mass is 520 g/mol. The Hall–Kier alpha value is -2.85. The third-order valence-electron chi connectivity index (χ3n) is 8.22. The highest BCUT2D eigenvalue weighted by molar-refractivity contribution is 5.95. The Labute approximate surface area is 225 Å². The minimum absolute atomic E-state index is 0.263. The summed E-state index contributed by atoms with van der Waals surface area (Å²) in [6.07, 6.45) is 0. The van der Waals surface area contributed by atoms with Crippen molar-refractivity contribution in [1.29, 1.82) is 0 Å². The highest BCUT2D eigenvalue weighted by atomic mass is 16.5. The molecule has 0 amide bonds. The van der Waals surface area contributed by atoms with Crippen molar-refractivity contribution in [2.24, 2.45) is 0 Å². The zero-order valence-electron chi connectivity index (χ0n) is 22.2. The van der Waals surface area contributed by atoms with E-state index in [1.165, 1.54) is 0 Å². The van der Waals surface area contributed by atoms with Gasteiger partial charge in [-0.05, 0) is 24.3 Å². The third-order valence-corrected chi connectivity index (χ3v) is 8.22. The molecule has 2 saturated heterocycles. The third kappa shape index (κ3) is 5.47. The molecule has 0 spiro atoms. The summed E-state index contributed by atoms with van der Waals surface area (Å²) in [4.78, 5) is 24.5. The van der Waals surface area contributed by atoms with Crippen molar-refractivity contribution < 1.29 is 14.3 Å². The molecule has 2 N–H and O–H groups in total. The highest BCUT2D eigenvalue weighted by Gasteiger charge is 2.40. The van der Waals surface area contributed by atoms with Gasteiger partial charge in [0.1, 0.15) is 36.8 Å². The van der Waals surface area contributed by atoms with Crippen LogP contribution in [0.3, 0.4) is 0 Å². The number of nitrogens with one attached hydrogen (secondary N) is 2. The zero-order chi connectivity index (χ0) is 25.7. The van der Waals surface area contributed by atoms with Crippen LogP contribution in [0.25, 0.3) is 0 Å². The maximum Gasteiger partial charge on any atom is 0.180 e. The number of ketones is 1. The van der Waals surface area contributed by atoms with Gasteiger partial charge in [0.2, 0.25) is 0 Å². The van der Waals surface area contributed by atoms with Gasteiger partial charge in [0.25, 0.3) is 0 Å². The number of carbonyl (C=O) groups excluding carboxylic acids is 1. The van der Waals surface area contributed by atoms with Gasteiger partial charge in [0.05, 0.1) is 24.5 Å². The minimum atomic E-state index is -0.263. The molecule has 2 aromatic carbocycles. The van der Waals surface area contributed by atoms with Crippen LogP contribution in [-0.2, 0) is 4.79 Å². The molecule has 204 valence electrons. The molecule has 0 aromatic heterocycles. The summed E-state index contributed by atoms with van der Waals surface area (Å²) in [6, 6.07) is 15.8. The average molecular weight is 521 g/mol. The standard InChI is InChI=1S/C29H40N6O3/c36-29(25(21-32-13-9-30-10-14-32)34-17-19-37-27-7-3-1-5-23(27)34)26(22-33-15-11-31-12-16-33)35-18-20-38-28-8-4-2-6-24(28)35/h1-8,25-26,30-31H,9-22H2. The molecule has 6 rings (SSSR count). The molecule has 0 saturated carbocycles. The molecular formula is C29H40N6O3. The molecule has 2 aromatic rings. The van der Waals surface area contributed by atoms with Gasteiger partial charge in [-0.25, -0.2) is 0 Å². The Morgan fingerprint density at radius 1 is 0.658 bits per heavy atom. The summed E-state index contributed by atoms with van der Waals surface area (Å²) >= 11 is 0. The normalized spacial score (nSPS) is 22.0. The van der Waals surface area contributed by atoms with E-state index < -0.39 is 0 Å². The van der Waals surface area contributed by atoms with Gasteiger partial charge < -0.3 is 29.9 Å². The number of rotatable bonds is 8. The van der Waals surface area contributed by atoms with Crippen LogP contribution in [0.1, 0.15) is 0 Å². The average Bonchev–Trinajstić information content (AvgIpc) is 2.99. The lowest BCUT2D eigenvalue weighted by molar-refractivity contribution is -0.122. The number of nitrogens with zero attached hydrogens (tertiary/aromatic N) is 4. The maximum atomic E-state index is 15.0. The first kappa shape index (κ1) is 25.4. The van der Waals surface area contributed by atoms with E-state index in [-0.39, 0.29) is 17.9 Å². The summed E-state index contributed by atoms with van der Waals surface area (Å²) in [5.74, 6) is 2.02. The first-order valence-corrected chi connectivity index (χ1v) is 14.1. The van der Waals surface area contributed by atoms with Gasteiger partial charge in [-0.1, -0.05) is 24.3 Å². The summed E-state index contributed by atoms with van der Waals surface area (Å²) in [6.45, 7) is 11.7.